The van der Waals surface area contributed by atoms with E-state index in [1.165, 1.54) is 6.20 Å². The number of carboxylic acid groups (broad SMARTS) is 1. The van der Waals surface area contributed by atoms with Crippen LogP contribution in [0.5, 0.6) is 0 Å². The molecule has 0 aliphatic carbocycles. The molecule has 13 heavy (non-hydrogen) atoms. The molecule has 2 aromatic rings. The Labute approximate surface area is 81.7 Å². The average molecular weight is 241 g/mol. The Morgan fingerprint density at radius 2 is 2.38 bits per heavy atom. The summed E-state index contributed by atoms with van der Waals surface area (Å²) in [5, 5.41) is 9.43. The number of aromatic amines is 1. The van der Waals surface area contributed by atoms with Gasteiger partial charge in [-0.25, -0.2) is 9.78 Å². The first kappa shape index (κ1) is 8.25. The van der Waals surface area contributed by atoms with Crippen molar-refractivity contribution in [3.8, 4) is 0 Å². The molecule has 2 N–H and O–H groups in total. The third kappa shape index (κ3) is 1.21. The van der Waals surface area contributed by atoms with Crippen LogP contribution in [0.4, 0.5) is 0 Å². The van der Waals surface area contributed by atoms with Gasteiger partial charge in [0.1, 0.15) is 4.60 Å². The molecule has 0 saturated carbocycles. The first-order chi connectivity index (χ1) is 6.20. The molecule has 0 unspecified atom stereocenters. The largest absolute Gasteiger partial charge is 0.478 e. The summed E-state index contributed by atoms with van der Waals surface area (Å²) in [5.41, 5.74) is 0.995. The van der Waals surface area contributed by atoms with Gasteiger partial charge in [0.05, 0.1) is 11.1 Å². The zero-order valence-corrected chi connectivity index (χ0v) is 8.00. The smallest absolute Gasteiger partial charge is 0.337 e. The minimum absolute atomic E-state index is 0.231. The maximum atomic E-state index is 10.8. The molecule has 0 saturated heterocycles. The summed E-state index contributed by atoms with van der Waals surface area (Å²) in [4.78, 5) is 17.6. The van der Waals surface area contributed by atoms with Crippen molar-refractivity contribution in [2.24, 2.45) is 0 Å². The molecule has 5 heteroatoms. The summed E-state index contributed by atoms with van der Waals surface area (Å²) >= 11 is 3.20. The van der Waals surface area contributed by atoms with Gasteiger partial charge in [-0.3, -0.25) is 0 Å². The highest BCUT2D eigenvalue weighted by Crippen LogP contribution is 2.24. The lowest BCUT2D eigenvalue weighted by Gasteiger charge is -1.94. The summed E-state index contributed by atoms with van der Waals surface area (Å²) in [6.07, 6.45) is 3.06. The van der Waals surface area contributed by atoms with Crippen LogP contribution in [0.2, 0.25) is 0 Å². The van der Waals surface area contributed by atoms with E-state index in [1.807, 2.05) is 0 Å². The second-order valence-electron chi connectivity index (χ2n) is 2.53. The van der Waals surface area contributed by atoms with Gasteiger partial charge in [0, 0.05) is 17.8 Å². The number of carboxylic acids is 1. The Hall–Kier alpha value is -1.36. The van der Waals surface area contributed by atoms with Gasteiger partial charge >= 0.3 is 5.97 Å². The zero-order valence-electron chi connectivity index (χ0n) is 6.41. The number of H-pyrrole nitrogens is 1. The maximum absolute atomic E-state index is 10.8. The highest BCUT2D eigenvalue weighted by molar-refractivity contribution is 9.10. The second-order valence-corrected chi connectivity index (χ2v) is 3.28. The minimum Gasteiger partial charge on any atom is -0.478 e. The van der Waals surface area contributed by atoms with E-state index in [2.05, 4.69) is 25.9 Å². The molecule has 0 aliphatic rings. The number of nitrogens with zero attached hydrogens (tertiary/aromatic N) is 1. The van der Waals surface area contributed by atoms with E-state index >= 15 is 0 Å². The molecule has 0 spiro atoms. The van der Waals surface area contributed by atoms with E-state index < -0.39 is 5.97 Å². The second kappa shape index (κ2) is 2.85. The number of aromatic carboxylic acids is 1. The van der Waals surface area contributed by atoms with Gasteiger partial charge in [0.25, 0.3) is 0 Å². The molecule has 2 aromatic heterocycles. The Morgan fingerprint density at radius 3 is 3.08 bits per heavy atom. The first-order valence-corrected chi connectivity index (χ1v) is 4.34. The summed E-state index contributed by atoms with van der Waals surface area (Å²) in [6, 6.07) is 1.73. The molecule has 0 fully saturated rings. The van der Waals surface area contributed by atoms with Gasteiger partial charge in [-0.2, -0.15) is 0 Å². The Kier molecular flexibility index (Phi) is 1.81. The lowest BCUT2D eigenvalue weighted by atomic mass is 10.2. The number of fused-ring (bicyclic) bond motifs is 1. The van der Waals surface area contributed by atoms with Crippen LogP contribution in [0, 0.1) is 0 Å². The van der Waals surface area contributed by atoms with Crippen LogP contribution >= 0.6 is 15.9 Å². The third-order valence-electron chi connectivity index (χ3n) is 1.78. The monoisotopic (exact) mass is 240 g/mol. The molecule has 2 rings (SSSR count). The molecule has 66 valence electrons. The maximum Gasteiger partial charge on any atom is 0.337 e. The lowest BCUT2D eigenvalue weighted by molar-refractivity contribution is 0.0699. The summed E-state index contributed by atoms with van der Waals surface area (Å²) < 4.78 is 0.545. The highest BCUT2D eigenvalue weighted by Gasteiger charge is 2.12. The number of carbonyl (C=O) groups is 1. The molecule has 2 heterocycles. The van der Waals surface area contributed by atoms with Crippen LogP contribution in [-0.2, 0) is 0 Å². The van der Waals surface area contributed by atoms with Gasteiger partial charge in [-0.15, -0.1) is 0 Å². The van der Waals surface area contributed by atoms with Crippen LogP contribution < -0.4 is 0 Å². The Balaban J connectivity index is 2.86. The van der Waals surface area contributed by atoms with Crippen LogP contribution in [0.15, 0.2) is 23.1 Å². The van der Waals surface area contributed by atoms with Crippen LogP contribution in [0.1, 0.15) is 10.4 Å². The van der Waals surface area contributed by atoms with Crippen molar-refractivity contribution in [1.29, 1.82) is 0 Å². The standard InChI is InChI=1S/C8H5BrN2O2/c9-7-6-4(8(12)13)3-11-5(6)1-2-10-7/h1-3,11H,(H,12,13). The summed E-state index contributed by atoms with van der Waals surface area (Å²) in [7, 11) is 0. The van der Waals surface area contributed by atoms with E-state index in [0.717, 1.165) is 5.52 Å². The molecule has 0 bridgehead atoms. The molecular formula is C8H5BrN2O2. The fraction of sp³-hybridized carbons (Fsp3) is 0. The number of rotatable bonds is 1. The molecule has 0 atom stereocenters. The van der Waals surface area contributed by atoms with Crippen LogP contribution in [0.3, 0.4) is 0 Å². The molecule has 0 amide bonds. The fourth-order valence-corrected chi connectivity index (χ4v) is 1.75. The predicted octanol–water partition coefficient (Wildman–Crippen LogP) is 2.02. The Morgan fingerprint density at radius 1 is 1.62 bits per heavy atom. The minimum atomic E-state index is -0.958. The number of nitrogens with one attached hydrogen (secondary N) is 1. The van der Waals surface area contributed by atoms with Crippen LogP contribution in [-0.4, -0.2) is 21.0 Å². The summed E-state index contributed by atoms with van der Waals surface area (Å²) in [6.45, 7) is 0. The van der Waals surface area contributed by atoms with Crippen molar-refractivity contribution in [3.63, 3.8) is 0 Å². The van der Waals surface area contributed by atoms with Gasteiger partial charge in [-0.05, 0) is 22.0 Å². The van der Waals surface area contributed by atoms with Crippen molar-refractivity contribution in [2.75, 3.05) is 0 Å². The average Bonchev–Trinajstić information content (AvgIpc) is 2.49. The number of aromatic nitrogens is 2. The first-order valence-electron chi connectivity index (χ1n) is 3.55. The van der Waals surface area contributed by atoms with Crippen molar-refractivity contribution in [1.82, 2.24) is 9.97 Å². The number of pyridine rings is 1. The molecular weight excluding hydrogens is 236 g/mol. The van der Waals surface area contributed by atoms with E-state index in [4.69, 9.17) is 5.11 Å². The van der Waals surface area contributed by atoms with Crippen molar-refractivity contribution in [3.05, 3.63) is 28.6 Å². The van der Waals surface area contributed by atoms with Gasteiger partial charge in [0.15, 0.2) is 0 Å². The normalized spacial score (nSPS) is 10.5. The van der Waals surface area contributed by atoms with Crippen molar-refractivity contribution >= 4 is 32.8 Å². The van der Waals surface area contributed by atoms with Crippen molar-refractivity contribution in [2.45, 2.75) is 0 Å². The molecule has 0 aromatic carbocycles. The molecule has 4 nitrogen and oxygen atoms in total. The number of halogens is 1. The van der Waals surface area contributed by atoms with E-state index in [-0.39, 0.29) is 5.56 Å². The van der Waals surface area contributed by atoms with Gasteiger partial charge in [-0.1, -0.05) is 0 Å². The van der Waals surface area contributed by atoms with Crippen LogP contribution in [0.25, 0.3) is 10.9 Å². The van der Waals surface area contributed by atoms with Crippen molar-refractivity contribution < 1.29 is 9.90 Å². The van der Waals surface area contributed by atoms with E-state index in [9.17, 15) is 4.79 Å². The van der Waals surface area contributed by atoms with E-state index in [0.29, 0.717) is 9.99 Å². The topological polar surface area (TPSA) is 66.0 Å². The highest BCUT2D eigenvalue weighted by atomic mass is 79.9. The Bertz CT molecular complexity index is 478. The quantitative estimate of drug-likeness (QED) is 0.750. The lowest BCUT2D eigenvalue weighted by Crippen LogP contribution is -1.94. The summed E-state index contributed by atoms with van der Waals surface area (Å²) in [5.74, 6) is -0.958. The SMILES string of the molecule is O=C(O)c1c[nH]c2ccnc(Br)c12. The molecule has 0 aliphatic heterocycles. The van der Waals surface area contributed by atoms with Gasteiger partial charge in [0.2, 0.25) is 0 Å². The number of hydrogen-bond acceptors (Lipinski definition) is 2. The zero-order chi connectivity index (χ0) is 9.42. The van der Waals surface area contributed by atoms with E-state index in [1.54, 1.807) is 12.3 Å². The fourth-order valence-electron chi connectivity index (χ4n) is 1.20. The predicted molar refractivity (Wildman–Crippen MR) is 50.8 cm³/mol. The third-order valence-corrected chi connectivity index (χ3v) is 2.38. The molecule has 0 radical (unpaired) electrons. The number of hydrogen-bond donors (Lipinski definition) is 2. The van der Waals surface area contributed by atoms with Gasteiger partial charge < -0.3 is 10.1 Å².